The van der Waals surface area contributed by atoms with Gasteiger partial charge in [0.05, 0.1) is 13.0 Å². The third kappa shape index (κ3) is 2.55. The van der Waals surface area contributed by atoms with Crippen LogP contribution in [0.5, 0.6) is 0 Å². The summed E-state index contributed by atoms with van der Waals surface area (Å²) in [7, 11) is 1.56. The average molecular weight is 281 g/mol. The first-order valence-corrected chi connectivity index (χ1v) is 5.73. The Labute approximate surface area is 118 Å². The molecule has 1 aliphatic carbocycles. The summed E-state index contributed by atoms with van der Waals surface area (Å²) in [4.78, 5) is 15.8. The number of hydrogen-bond acceptors (Lipinski definition) is 4. The number of carbonyl (C=O) groups excluding carboxylic acids is 1. The summed E-state index contributed by atoms with van der Waals surface area (Å²) in [5, 5.41) is 0. The molecule has 0 aromatic carbocycles. The van der Waals surface area contributed by atoms with Gasteiger partial charge in [-0.3, -0.25) is 9.78 Å². The van der Waals surface area contributed by atoms with Crippen molar-refractivity contribution in [2.45, 2.75) is 12.5 Å². The van der Waals surface area contributed by atoms with Crippen LogP contribution in [0.2, 0.25) is 0 Å². The van der Waals surface area contributed by atoms with Crippen molar-refractivity contribution in [2.75, 3.05) is 7.11 Å². The molecule has 2 N–H and O–H groups in total. The number of aromatic nitrogens is 1. The number of allylic oxidation sites excluding steroid dienone is 2. The van der Waals surface area contributed by atoms with E-state index < -0.39 is 11.5 Å². The molecule has 0 bridgehead atoms. The van der Waals surface area contributed by atoms with Crippen LogP contribution in [-0.4, -0.2) is 17.9 Å². The van der Waals surface area contributed by atoms with Crippen molar-refractivity contribution < 1.29 is 9.53 Å². The second-order valence-corrected chi connectivity index (χ2v) is 4.31. The van der Waals surface area contributed by atoms with E-state index >= 15 is 0 Å². The van der Waals surface area contributed by atoms with E-state index in [1.807, 2.05) is 18.2 Å². The Hall–Kier alpha value is -1.65. The van der Waals surface area contributed by atoms with Crippen molar-refractivity contribution in [3.63, 3.8) is 0 Å². The highest BCUT2D eigenvalue weighted by molar-refractivity contribution is 5.85. The molecule has 19 heavy (non-hydrogen) atoms. The largest absolute Gasteiger partial charge is 0.499 e. The van der Waals surface area contributed by atoms with Gasteiger partial charge in [0.15, 0.2) is 0 Å². The van der Waals surface area contributed by atoms with Crippen molar-refractivity contribution in [3.8, 4) is 0 Å². The van der Waals surface area contributed by atoms with Gasteiger partial charge in [-0.25, -0.2) is 0 Å². The maximum atomic E-state index is 11.8. The Morgan fingerprint density at radius 2 is 2.05 bits per heavy atom. The molecule has 1 aliphatic rings. The number of ketones is 1. The van der Waals surface area contributed by atoms with E-state index in [4.69, 9.17) is 10.5 Å². The van der Waals surface area contributed by atoms with Gasteiger partial charge in [0.25, 0.3) is 0 Å². The molecule has 1 aromatic heterocycles. The van der Waals surface area contributed by atoms with Crippen LogP contribution in [0.15, 0.2) is 48.5 Å². The van der Waals surface area contributed by atoms with Crippen LogP contribution in [0.1, 0.15) is 12.5 Å². The number of carbonyl (C=O) groups is 1. The van der Waals surface area contributed by atoms with Crippen LogP contribution in [0.3, 0.4) is 0 Å². The smallest absolute Gasteiger partial charge is 0.139 e. The normalized spacial score (nSPS) is 25.2. The summed E-state index contributed by atoms with van der Waals surface area (Å²) in [6, 6.07) is 3.62. The Balaban J connectivity index is 0.00000180. The summed E-state index contributed by atoms with van der Waals surface area (Å²) in [5.41, 5.74) is 6.34. The lowest BCUT2D eigenvalue weighted by molar-refractivity contribution is -0.121. The summed E-state index contributed by atoms with van der Waals surface area (Å²) < 4.78 is 5.35. The summed E-state index contributed by atoms with van der Waals surface area (Å²) in [6.45, 7) is 1.54. The first-order valence-electron chi connectivity index (χ1n) is 5.73. The molecule has 2 rings (SSSR count). The Kier molecular flexibility index (Phi) is 4.86. The average Bonchev–Trinajstić information content (AvgIpc) is 2.39. The maximum absolute atomic E-state index is 11.8. The topological polar surface area (TPSA) is 65.2 Å². The zero-order valence-electron chi connectivity index (χ0n) is 10.9. The van der Waals surface area contributed by atoms with Crippen LogP contribution in [0, 0.1) is 5.92 Å². The highest BCUT2D eigenvalue weighted by atomic mass is 35.5. The van der Waals surface area contributed by atoms with Gasteiger partial charge in [0.2, 0.25) is 0 Å². The Morgan fingerprint density at radius 1 is 1.42 bits per heavy atom. The number of nitrogens with two attached hydrogens (primary N) is 1. The molecule has 1 heterocycles. The molecule has 0 radical (unpaired) electrons. The van der Waals surface area contributed by atoms with Gasteiger partial charge in [0.1, 0.15) is 17.1 Å². The SMILES string of the molecule is COC1=CC=CC(C(C)=O)C1(N)c1ccncc1.Cl. The number of Topliss-reactive ketones (excluding diaryl/α,β-unsaturated/α-hetero) is 1. The molecule has 4 nitrogen and oxygen atoms in total. The summed E-state index contributed by atoms with van der Waals surface area (Å²) >= 11 is 0. The number of halogens is 1. The van der Waals surface area contributed by atoms with Gasteiger partial charge in [0, 0.05) is 12.4 Å². The van der Waals surface area contributed by atoms with Crippen molar-refractivity contribution in [2.24, 2.45) is 11.7 Å². The molecular formula is C14H17ClN2O2. The lowest BCUT2D eigenvalue weighted by atomic mass is 9.73. The van der Waals surface area contributed by atoms with Crippen LogP contribution in [0.25, 0.3) is 0 Å². The zero-order chi connectivity index (χ0) is 13.2. The van der Waals surface area contributed by atoms with E-state index in [1.54, 1.807) is 31.7 Å². The Morgan fingerprint density at radius 3 is 2.58 bits per heavy atom. The lowest BCUT2D eigenvalue weighted by Gasteiger charge is -2.37. The van der Waals surface area contributed by atoms with Gasteiger partial charge in [-0.1, -0.05) is 12.2 Å². The predicted molar refractivity (Wildman–Crippen MR) is 75.8 cm³/mol. The van der Waals surface area contributed by atoms with Gasteiger partial charge < -0.3 is 10.5 Å². The number of ether oxygens (including phenoxy) is 1. The number of hydrogen-bond donors (Lipinski definition) is 1. The highest BCUT2D eigenvalue weighted by Crippen LogP contribution is 2.38. The molecule has 1 aromatic rings. The summed E-state index contributed by atoms with van der Waals surface area (Å²) in [6.07, 6.45) is 8.72. The second-order valence-electron chi connectivity index (χ2n) is 4.31. The van der Waals surface area contributed by atoms with Gasteiger partial charge in [-0.2, -0.15) is 0 Å². The fraction of sp³-hybridized carbons (Fsp3) is 0.286. The number of methoxy groups -OCH3 is 1. The van der Waals surface area contributed by atoms with E-state index in [2.05, 4.69) is 4.98 Å². The standard InChI is InChI=1S/C14H16N2O2.ClH/c1-10(17)12-4-3-5-13(18-2)14(12,15)11-6-8-16-9-7-11;/h3-9,12H,15H2,1-2H3;1H. The van der Waals surface area contributed by atoms with Gasteiger partial charge >= 0.3 is 0 Å². The molecule has 102 valence electrons. The molecule has 0 aliphatic heterocycles. The maximum Gasteiger partial charge on any atom is 0.139 e. The van der Waals surface area contributed by atoms with Crippen LogP contribution in [0.4, 0.5) is 0 Å². The minimum atomic E-state index is -0.960. The lowest BCUT2D eigenvalue weighted by Crippen LogP contribution is -2.49. The van der Waals surface area contributed by atoms with E-state index in [9.17, 15) is 4.79 Å². The van der Waals surface area contributed by atoms with E-state index in [0.29, 0.717) is 5.76 Å². The van der Waals surface area contributed by atoms with Gasteiger partial charge in [-0.15, -0.1) is 12.4 Å². The van der Waals surface area contributed by atoms with Gasteiger partial charge in [-0.05, 0) is 30.7 Å². The quantitative estimate of drug-likeness (QED) is 0.919. The second kappa shape index (κ2) is 5.99. The zero-order valence-corrected chi connectivity index (χ0v) is 11.7. The fourth-order valence-electron chi connectivity index (χ4n) is 2.34. The Bertz CT molecular complexity index is 513. The number of pyridine rings is 1. The molecular weight excluding hydrogens is 264 g/mol. The van der Waals surface area contributed by atoms with Crippen LogP contribution < -0.4 is 5.73 Å². The first-order chi connectivity index (χ1) is 8.60. The number of nitrogens with zero attached hydrogens (tertiary/aromatic N) is 1. The number of rotatable bonds is 3. The molecule has 5 heteroatoms. The van der Waals surface area contributed by atoms with Crippen molar-refractivity contribution in [1.82, 2.24) is 4.98 Å². The van der Waals surface area contributed by atoms with Crippen molar-refractivity contribution in [3.05, 3.63) is 54.1 Å². The molecule has 0 spiro atoms. The molecule has 2 atom stereocenters. The minimum absolute atomic E-state index is 0. The van der Waals surface area contributed by atoms with Crippen molar-refractivity contribution in [1.29, 1.82) is 0 Å². The molecule has 2 unspecified atom stereocenters. The van der Waals surface area contributed by atoms with E-state index in [-0.39, 0.29) is 18.2 Å². The van der Waals surface area contributed by atoms with Crippen molar-refractivity contribution >= 4 is 18.2 Å². The molecule has 0 saturated heterocycles. The molecule has 0 saturated carbocycles. The third-order valence-electron chi connectivity index (χ3n) is 3.27. The fourth-order valence-corrected chi connectivity index (χ4v) is 2.34. The monoisotopic (exact) mass is 280 g/mol. The minimum Gasteiger partial charge on any atom is -0.499 e. The van der Waals surface area contributed by atoms with E-state index in [1.165, 1.54) is 6.92 Å². The molecule has 0 fully saturated rings. The first kappa shape index (κ1) is 15.4. The van der Waals surface area contributed by atoms with Crippen LogP contribution >= 0.6 is 12.4 Å². The molecule has 0 amide bonds. The highest BCUT2D eigenvalue weighted by Gasteiger charge is 2.43. The van der Waals surface area contributed by atoms with E-state index in [0.717, 1.165) is 5.56 Å². The van der Waals surface area contributed by atoms with Crippen LogP contribution in [-0.2, 0) is 15.1 Å². The predicted octanol–water partition coefficient (Wildman–Crippen LogP) is 1.96. The third-order valence-corrected chi connectivity index (χ3v) is 3.27. The summed E-state index contributed by atoms with van der Waals surface area (Å²) in [5.74, 6) is 0.157.